The molecule has 1 heterocycles. The second-order valence-electron chi connectivity index (χ2n) is 6.22. The van der Waals surface area contributed by atoms with E-state index >= 15 is 0 Å². The standard InChI is InChI=1S/C18H20N2O4S/c1-12(2)13-7-9-14(10-8-13)25(22,23)19-15-5-4-6-16-18(15)24-11-17(21)20(16)3/h4-10,12,19H,11H2,1-3H3. The van der Waals surface area contributed by atoms with Gasteiger partial charge < -0.3 is 9.64 Å². The first-order valence-electron chi connectivity index (χ1n) is 7.95. The zero-order valence-corrected chi connectivity index (χ0v) is 15.1. The minimum atomic E-state index is -3.75. The maximum Gasteiger partial charge on any atom is 0.264 e. The normalized spacial score (nSPS) is 14.2. The molecule has 132 valence electrons. The minimum Gasteiger partial charge on any atom is -0.479 e. The first-order valence-corrected chi connectivity index (χ1v) is 9.43. The number of likely N-dealkylation sites (N-methyl/N-ethyl adjacent to an activating group) is 1. The van der Waals surface area contributed by atoms with E-state index < -0.39 is 10.0 Å². The number of para-hydroxylation sites is 1. The Morgan fingerprint density at radius 2 is 1.80 bits per heavy atom. The third kappa shape index (κ3) is 3.32. The minimum absolute atomic E-state index is 0.120. The third-order valence-corrected chi connectivity index (χ3v) is 5.55. The molecule has 0 spiro atoms. The number of sulfonamides is 1. The molecule has 1 aliphatic heterocycles. The van der Waals surface area contributed by atoms with Crippen LogP contribution in [0.25, 0.3) is 0 Å². The highest BCUT2D eigenvalue weighted by Crippen LogP contribution is 2.38. The third-order valence-electron chi connectivity index (χ3n) is 4.17. The van der Waals surface area contributed by atoms with Gasteiger partial charge in [-0.05, 0) is 35.7 Å². The average molecular weight is 360 g/mol. The van der Waals surface area contributed by atoms with Crippen LogP contribution in [0, 0.1) is 0 Å². The van der Waals surface area contributed by atoms with Crippen LogP contribution < -0.4 is 14.4 Å². The SMILES string of the molecule is CC(C)c1ccc(S(=O)(=O)Nc2cccc3c2OCC(=O)N3C)cc1. The number of ether oxygens (including phenoxy) is 1. The molecule has 0 saturated carbocycles. The smallest absolute Gasteiger partial charge is 0.264 e. The molecule has 0 atom stereocenters. The number of carbonyl (C=O) groups is 1. The van der Waals surface area contributed by atoms with E-state index in [1.54, 1.807) is 37.4 Å². The lowest BCUT2D eigenvalue weighted by molar-refractivity contribution is -0.120. The lowest BCUT2D eigenvalue weighted by Gasteiger charge is -2.27. The molecular weight excluding hydrogens is 340 g/mol. The van der Waals surface area contributed by atoms with E-state index in [0.29, 0.717) is 23.0 Å². The average Bonchev–Trinajstić information content (AvgIpc) is 2.58. The van der Waals surface area contributed by atoms with Crippen LogP contribution in [0.2, 0.25) is 0 Å². The fourth-order valence-corrected chi connectivity index (χ4v) is 3.68. The fraction of sp³-hybridized carbons (Fsp3) is 0.278. The number of fused-ring (bicyclic) bond motifs is 1. The molecule has 0 fully saturated rings. The molecule has 2 aromatic carbocycles. The van der Waals surface area contributed by atoms with Gasteiger partial charge in [-0.1, -0.05) is 32.0 Å². The molecule has 1 aliphatic rings. The topological polar surface area (TPSA) is 75.7 Å². The van der Waals surface area contributed by atoms with Crippen molar-refractivity contribution in [1.29, 1.82) is 0 Å². The van der Waals surface area contributed by atoms with Gasteiger partial charge >= 0.3 is 0 Å². The van der Waals surface area contributed by atoms with Crippen LogP contribution in [0.4, 0.5) is 11.4 Å². The highest BCUT2D eigenvalue weighted by atomic mass is 32.2. The number of benzene rings is 2. The summed E-state index contributed by atoms with van der Waals surface area (Å²) in [5.41, 5.74) is 1.91. The van der Waals surface area contributed by atoms with Crippen molar-refractivity contribution >= 4 is 27.3 Å². The maximum atomic E-state index is 12.7. The largest absolute Gasteiger partial charge is 0.479 e. The number of nitrogens with one attached hydrogen (secondary N) is 1. The van der Waals surface area contributed by atoms with E-state index in [2.05, 4.69) is 4.72 Å². The molecule has 1 amide bonds. The van der Waals surface area contributed by atoms with Crippen molar-refractivity contribution in [3.63, 3.8) is 0 Å². The first-order chi connectivity index (χ1) is 11.8. The van der Waals surface area contributed by atoms with Crippen molar-refractivity contribution in [1.82, 2.24) is 0 Å². The highest BCUT2D eigenvalue weighted by Gasteiger charge is 2.26. The van der Waals surface area contributed by atoms with Gasteiger partial charge in [-0.3, -0.25) is 9.52 Å². The summed E-state index contributed by atoms with van der Waals surface area (Å²) >= 11 is 0. The number of hydrogen-bond acceptors (Lipinski definition) is 4. The Bertz CT molecular complexity index is 905. The summed E-state index contributed by atoms with van der Waals surface area (Å²) in [5.74, 6) is 0.496. The van der Waals surface area contributed by atoms with E-state index in [1.807, 2.05) is 26.0 Å². The van der Waals surface area contributed by atoms with Gasteiger partial charge in [0.2, 0.25) is 0 Å². The van der Waals surface area contributed by atoms with Crippen molar-refractivity contribution in [2.75, 3.05) is 23.3 Å². The predicted molar refractivity (Wildman–Crippen MR) is 96.7 cm³/mol. The second-order valence-corrected chi connectivity index (χ2v) is 7.91. The van der Waals surface area contributed by atoms with Crippen molar-refractivity contribution in [2.45, 2.75) is 24.7 Å². The lowest BCUT2D eigenvalue weighted by atomic mass is 10.0. The predicted octanol–water partition coefficient (Wildman–Crippen LogP) is 2.97. The first kappa shape index (κ1) is 17.3. The molecule has 6 nitrogen and oxygen atoms in total. The van der Waals surface area contributed by atoms with Crippen LogP contribution in [0.15, 0.2) is 47.4 Å². The molecule has 2 aromatic rings. The van der Waals surface area contributed by atoms with Gasteiger partial charge in [0.05, 0.1) is 16.3 Å². The second kappa shape index (κ2) is 6.40. The molecule has 0 aliphatic carbocycles. The zero-order chi connectivity index (χ0) is 18.2. The molecule has 25 heavy (non-hydrogen) atoms. The fourth-order valence-electron chi connectivity index (χ4n) is 2.62. The van der Waals surface area contributed by atoms with Gasteiger partial charge in [-0.2, -0.15) is 0 Å². The van der Waals surface area contributed by atoms with Gasteiger partial charge in [0.15, 0.2) is 12.4 Å². The number of anilines is 2. The van der Waals surface area contributed by atoms with E-state index in [0.717, 1.165) is 5.56 Å². The zero-order valence-electron chi connectivity index (χ0n) is 14.3. The number of amides is 1. The van der Waals surface area contributed by atoms with Crippen LogP contribution in [0.3, 0.4) is 0 Å². The maximum absolute atomic E-state index is 12.7. The number of carbonyl (C=O) groups excluding carboxylic acids is 1. The number of nitrogens with zero attached hydrogens (tertiary/aromatic N) is 1. The Kier molecular flexibility index (Phi) is 4.43. The van der Waals surface area contributed by atoms with Crippen LogP contribution >= 0.6 is 0 Å². The summed E-state index contributed by atoms with van der Waals surface area (Å²) in [6, 6.07) is 11.8. The van der Waals surface area contributed by atoms with E-state index in [1.165, 1.54) is 4.90 Å². The van der Waals surface area contributed by atoms with Crippen molar-refractivity contribution in [2.24, 2.45) is 0 Å². The van der Waals surface area contributed by atoms with Crippen LogP contribution in [0.1, 0.15) is 25.3 Å². The Morgan fingerprint density at radius 1 is 1.12 bits per heavy atom. The lowest BCUT2D eigenvalue weighted by Crippen LogP contribution is -2.35. The molecule has 3 rings (SSSR count). The van der Waals surface area contributed by atoms with Crippen molar-refractivity contribution in [3.05, 3.63) is 48.0 Å². The van der Waals surface area contributed by atoms with Gasteiger partial charge in [0.1, 0.15) is 0 Å². The number of hydrogen-bond donors (Lipinski definition) is 1. The Hall–Kier alpha value is -2.54. The summed E-state index contributed by atoms with van der Waals surface area (Å²) in [6.07, 6.45) is 0. The molecule has 0 bridgehead atoms. The Morgan fingerprint density at radius 3 is 2.44 bits per heavy atom. The van der Waals surface area contributed by atoms with Crippen molar-refractivity contribution in [3.8, 4) is 5.75 Å². The summed E-state index contributed by atoms with van der Waals surface area (Å²) in [5, 5.41) is 0. The van der Waals surface area contributed by atoms with E-state index in [4.69, 9.17) is 4.74 Å². The summed E-state index contributed by atoms with van der Waals surface area (Å²) in [6.45, 7) is 3.98. The van der Waals surface area contributed by atoms with Crippen LogP contribution in [-0.2, 0) is 14.8 Å². The molecule has 0 radical (unpaired) electrons. The van der Waals surface area contributed by atoms with Crippen molar-refractivity contribution < 1.29 is 17.9 Å². The van der Waals surface area contributed by atoms with Gasteiger partial charge in [0.25, 0.3) is 15.9 Å². The summed E-state index contributed by atoms with van der Waals surface area (Å²) < 4.78 is 33.3. The van der Waals surface area contributed by atoms with Gasteiger partial charge in [-0.25, -0.2) is 8.42 Å². The van der Waals surface area contributed by atoms with E-state index in [-0.39, 0.29) is 17.4 Å². The van der Waals surface area contributed by atoms with Gasteiger partial charge in [0, 0.05) is 7.05 Å². The summed E-state index contributed by atoms with van der Waals surface area (Å²) in [4.78, 5) is 13.4. The Balaban J connectivity index is 1.93. The molecule has 0 saturated heterocycles. The van der Waals surface area contributed by atoms with Gasteiger partial charge in [-0.15, -0.1) is 0 Å². The summed E-state index contributed by atoms with van der Waals surface area (Å²) in [7, 11) is -2.12. The number of rotatable bonds is 4. The molecule has 7 heteroatoms. The molecule has 1 N–H and O–H groups in total. The Labute approximate surface area is 147 Å². The van der Waals surface area contributed by atoms with Crippen LogP contribution in [0.5, 0.6) is 5.75 Å². The monoisotopic (exact) mass is 360 g/mol. The molecular formula is C18H20N2O4S. The molecule has 0 aromatic heterocycles. The quantitative estimate of drug-likeness (QED) is 0.909. The van der Waals surface area contributed by atoms with Crippen LogP contribution in [-0.4, -0.2) is 28.0 Å². The highest BCUT2D eigenvalue weighted by molar-refractivity contribution is 7.92. The van der Waals surface area contributed by atoms with E-state index in [9.17, 15) is 13.2 Å². The molecule has 0 unspecified atom stereocenters.